The molecule has 1 saturated heterocycles. The van der Waals surface area contributed by atoms with Gasteiger partial charge in [0, 0.05) is 31.9 Å². The van der Waals surface area contributed by atoms with Crippen molar-refractivity contribution in [3.8, 4) is 6.07 Å². The number of aromatic nitrogens is 2. The fraction of sp³-hybridized carbons (Fsp3) is 0.308. The molecule has 0 N–H and O–H groups in total. The van der Waals surface area contributed by atoms with Crippen molar-refractivity contribution in [2.45, 2.75) is 27.2 Å². The summed E-state index contributed by atoms with van der Waals surface area (Å²) in [7, 11) is 0. The second kappa shape index (κ2) is 7.63. The molecule has 3 heterocycles. The Morgan fingerprint density at radius 1 is 0.935 bits per heavy atom. The molecule has 5 rings (SSSR count). The molecule has 0 aliphatic carbocycles. The molecule has 0 saturated carbocycles. The molecule has 5 heteroatoms. The number of anilines is 2. The van der Waals surface area contributed by atoms with Crippen LogP contribution in [0.15, 0.2) is 48.5 Å². The van der Waals surface area contributed by atoms with Crippen LogP contribution in [0.3, 0.4) is 0 Å². The molecule has 2 aromatic carbocycles. The fourth-order valence-corrected chi connectivity index (χ4v) is 4.85. The van der Waals surface area contributed by atoms with Crippen LogP contribution in [0, 0.1) is 25.2 Å². The van der Waals surface area contributed by atoms with E-state index in [-0.39, 0.29) is 0 Å². The molecule has 1 aliphatic rings. The average molecular weight is 410 g/mol. The summed E-state index contributed by atoms with van der Waals surface area (Å²) in [5.74, 6) is 1.20. The molecule has 31 heavy (non-hydrogen) atoms. The predicted octanol–water partition coefficient (Wildman–Crippen LogP) is 4.87. The summed E-state index contributed by atoms with van der Waals surface area (Å²) in [5, 5.41) is 9.92. The molecule has 0 amide bonds. The maximum absolute atomic E-state index is 9.92. The lowest BCUT2D eigenvalue weighted by atomic mass is 10.0. The van der Waals surface area contributed by atoms with Crippen LogP contribution >= 0.6 is 0 Å². The second-order valence-corrected chi connectivity index (χ2v) is 8.34. The zero-order valence-corrected chi connectivity index (χ0v) is 18.4. The third-order valence-electron chi connectivity index (χ3n) is 6.54. The van der Waals surface area contributed by atoms with E-state index in [0.717, 1.165) is 54.8 Å². The van der Waals surface area contributed by atoms with Crippen LogP contribution in [0.4, 0.5) is 11.5 Å². The first kappa shape index (κ1) is 19.4. The number of para-hydroxylation sites is 2. The molecule has 156 valence electrons. The van der Waals surface area contributed by atoms with E-state index in [1.165, 1.54) is 22.6 Å². The van der Waals surface area contributed by atoms with Gasteiger partial charge in [0.1, 0.15) is 11.9 Å². The first-order valence-electron chi connectivity index (χ1n) is 11.0. The standard InChI is InChI=1S/C26H27N5/c1-4-21-19(3)22(17-27)25-28-23-7-5-6-8-24(23)31(25)26(21)30-15-13-29(14-16-30)20-11-9-18(2)10-12-20/h5-12H,4,13-16H2,1-3H3. The molecule has 0 radical (unpaired) electrons. The van der Waals surface area contributed by atoms with Crippen LogP contribution in [0.1, 0.15) is 29.2 Å². The first-order chi connectivity index (χ1) is 15.1. The summed E-state index contributed by atoms with van der Waals surface area (Å²) < 4.78 is 2.22. The van der Waals surface area contributed by atoms with Gasteiger partial charge in [-0.1, -0.05) is 36.8 Å². The Morgan fingerprint density at radius 2 is 1.61 bits per heavy atom. The van der Waals surface area contributed by atoms with Gasteiger partial charge in [-0.25, -0.2) is 4.98 Å². The maximum Gasteiger partial charge on any atom is 0.157 e. The van der Waals surface area contributed by atoms with Gasteiger partial charge in [0.15, 0.2) is 5.65 Å². The Morgan fingerprint density at radius 3 is 2.29 bits per heavy atom. The maximum atomic E-state index is 9.92. The van der Waals surface area contributed by atoms with Gasteiger partial charge in [-0.3, -0.25) is 4.40 Å². The van der Waals surface area contributed by atoms with Gasteiger partial charge in [-0.05, 0) is 55.7 Å². The Labute approximate surface area is 183 Å². The molecule has 2 aromatic heterocycles. The highest BCUT2D eigenvalue weighted by Crippen LogP contribution is 2.34. The van der Waals surface area contributed by atoms with Gasteiger partial charge < -0.3 is 9.80 Å². The van der Waals surface area contributed by atoms with Crippen molar-refractivity contribution in [1.82, 2.24) is 9.38 Å². The Bertz CT molecular complexity index is 1300. The second-order valence-electron chi connectivity index (χ2n) is 8.34. The van der Waals surface area contributed by atoms with Crippen LogP contribution < -0.4 is 9.80 Å². The van der Waals surface area contributed by atoms with Gasteiger partial charge in [-0.15, -0.1) is 0 Å². The van der Waals surface area contributed by atoms with Crippen molar-refractivity contribution >= 4 is 28.2 Å². The SMILES string of the molecule is CCc1c(C)c(C#N)c2nc3ccccc3n2c1N1CCN(c2ccc(C)cc2)CC1. The number of fused-ring (bicyclic) bond motifs is 3. The molecule has 0 spiro atoms. The van der Waals surface area contributed by atoms with Crippen LogP contribution in [-0.4, -0.2) is 35.6 Å². The molecule has 0 unspecified atom stereocenters. The summed E-state index contributed by atoms with van der Waals surface area (Å²) >= 11 is 0. The average Bonchev–Trinajstić information content (AvgIpc) is 3.18. The lowest BCUT2D eigenvalue weighted by Gasteiger charge is -2.38. The Kier molecular flexibility index (Phi) is 4.78. The van der Waals surface area contributed by atoms with Crippen molar-refractivity contribution in [3.63, 3.8) is 0 Å². The van der Waals surface area contributed by atoms with Crippen LogP contribution in [0.25, 0.3) is 16.7 Å². The third kappa shape index (κ3) is 3.11. The van der Waals surface area contributed by atoms with E-state index in [1.54, 1.807) is 0 Å². The van der Waals surface area contributed by atoms with Gasteiger partial charge in [-0.2, -0.15) is 5.26 Å². The Hall–Kier alpha value is -3.52. The molecule has 4 aromatic rings. The largest absolute Gasteiger partial charge is 0.368 e. The van der Waals surface area contributed by atoms with Crippen LogP contribution in [0.5, 0.6) is 0 Å². The summed E-state index contributed by atoms with van der Waals surface area (Å²) in [6.45, 7) is 10.2. The number of imidazole rings is 1. The lowest BCUT2D eigenvalue weighted by molar-refractivity contribution is 0.642. The number of rotatable bonds is 3. The predicted molar refractivity (Wildman–Crippen MR) is 127 cm³/mol. The van der Waals surface area contributed by atoms with E-state index in [0.29, 0.717) is 5.56 Å². The van der Waals surface area contributed by atoms with Crippen molar-refractivity contribution in [2.75, 3.05) is 36.0 Å². The first-order valence-corrected chi connectivity index (χ1v) is 11.0. The molecular formula is C26H27N5. The number of aryl methyl sites for hydroxylation is 1. The number of hydrogen-bond donors (Lipinski definition) is 0. The van der Waals surface area contributed by atoms with Crippen molar-refractivity contribution in [2.24, 2.45) is 0 Å². The highest BCUT2D eigenvalue weighted by Gasteiger charge is 2.26. The minimum absolute atomic E-state index is 0.690. The number of benzene rings is 2. The number of pyridine rings is 1. The molecule has 1 fully saturated rings. The topological polar surface area (TPSA) is 47.6 Å². The Balaban J connectivity index is 1.61. The van der Waals surface area contributed by atoms with Crippen molar-refractivity contribution in [3.05, 3.63) is 70.8 Å². The molecule has 5 nitrogen and oxygen atoms in total. The summed E-state index contributed by atoms with van der Waals surface area (Å²) in [6.07, 6.45) is 0.885. The number of hydrogen-bond acceptors (Lipinski definition) is 4. The molecule has 1 aliphatic heterocycles. The number of nitrogens with zero attached hydrogens (tertiary/aromatic N) is 5. The highest BCUT2D eigenvalue weighted by molar-refractivity contribution is 5.86. The van der Waals surface area contributed by atoms with E-state index in [9.17, 15) is 5.26 Å². The number of piperazine rings is 1. The van der Waals surface area contributed by atoms with Gasteiger partial charge >= 0.3 is 0 Å². The van der Waals surface area contributed by atoms with E-state index in [1.807, 2.05) is 18.2 Å². The van der Waals surface area contributed by atoms with E-state index in [2.05, 4.69) is 71.4 Å². The zero-order chi connectivity index (χ0) is 21.5. The minimum atomic E-state index is 0.690. The van der Waals surface area contributed by atoms with Gasteiger partial charge in [0.25, 0.3) is 0 Å². The number of nitriles is 1. The van der Waals surface area contributed by atoms with Gasteiger partial charge in [0.05, 0.1) is 16.6 Å². The summed E-state index contributed by atoms with van der Waals surface area (Å²) in [6, 6.07) is 19.4. The summed E-state index contributed by atoms with van der Waals surface area (Å²) in [5.41, 5.74) is 8.35. The van der Waals surface area contributed by atoms with E-state index in [4.69, 9.17) is 4.98 Å². The van der Waals surface area contributed by atoms with Crippen molar-refractivity contribution in [1.29, 1.82) is 5.26 Å². The van der Waals surface area contributed by atoms with E-state index >= 15 is 0 Å². The third-order valence-corrected chi connectivity index (χ3v) is 6.54. The van der Waals surface area contributed by atoms with E-state index < -0.39 is 0 Å². The van der Waals surface area contributed by atoms with Crippen LogP contribution in [0.2, 0.25) is 0 Å². The minimum Gasteiger partial charge on any atom is -0.368 e. The monoisotopic (exact) mass is 409 g/mol. The van der Waals surface area contributed by atoms with Crippen LogP contribution in [-0.2, 0) is 6.42 Å². The lowest BCUT2D eigenvalue weighted by Crippen LogP contribution is -2.47. The quantitative estimate of drug-likeness (QED) is 0.485. The molecule has 0 atom stereocenters. The van der Waals surface area contributed by atoms with Crippen molar-refractivity contribution < 1.29 is 0 Å². The summed E-state index contributed by atoms with van der Waals surface area (Å²) in [4.78, 5) is 9.80. The fourth-order valence-electron chi connectivity index (χ4n) is 4.85. The molecule has 0 bridgehead atoms. The smallest absolute Gasteiger partial charge is 0.157 e. The zero-order valence-electron chi connectivity index (χ0n) is 18.4. The highest BCUT2D eigenvalue weighted by atomic mass is 15.3. The molecular weight excluding hydrogens is 382 g/mol. The van der Waals surface area contributed by atoms with Gasteiger partial charge in [0.2, 0.25) is 0 Å². The normalized spacial score (nSPS) is 14.4.